The number of aryl methyl sites for hydroxylation is 2. The summed E-state index contributed by atoms with van der Waals surface area (Å²) in [4.78, 5) is 0. The van der Waals surface area contributed by atoms with Crippen LogP contribution in [0.5, 0.6) is 5.75 Å². The highest BCUT2D eigenvalue weighted by molar-refractivity contribution is 9.11. The molecular weight excluding hydrogens is 374 g/mol. The molecular formula is C13H15Br2N3O. The van der Waals surface area contributed by atoms with Crippen molar-refractivity contribution in [1.29, 1.82) is 0 Å². The predicted molar refractivity (Wildman–Crippen MR) is 83.2 cm³/mol. The molecule has 0 amide bonds. The van der Waals surface area contributed by atoms with Gasteiger partial charge in [-0.15, -0.1) is 0 Å². The van der Waals surface area contributed by atoms with E-state index in [-0.39, 0.29) is 0 Å². The van der Waals surface area contributed by atoms with Gasteiger partial charge in [0.1, 0.15) is 12.4 Å². The van der Waals surface area contributed by atoms with E-state index >= 15 is 0 Å². The minimum Gasteiger partial charge on any atom is -0.486 e. The quantitative estimate of drug-likeness (QED) is 0.808. The molecule has 0 spiro atoms. The van der Waals surface area contributed by atoms with E-state index in [1.165, 1.54) is 0 Å². The molecule has 0 aliphatic heterocycles. The van der Waals surface area contributed by atoms with Gasteiger partial charge >= 0.3 is 0 Å². The molecule has 0 bridgehead atoms. The average Bonchev–Trinajstić information content (AvgIpc) is 2.67. The zero-order valence-electron chi connectivity index (χ0n) is 10.8. The molecule has 0 saturated carbocycles. The van der Waals surface area contributed by atoms with Gasteiger partial charge in [0.15, 0.2) is 0 Å². The Balaban J connectivity index is 2.21. The van der Waals surface area contributed by atoms with Gasteiger partial charge in [-0.05, 0) is 57.8 Å². The molecule has 19 heavy (non-hydrogen) atoms. The second-order valence-corrected chi connectivity index (χ2v) is 5.70. The van der Waals surface area contributed by atoms with E-state index < -0.39 is 0 Å². The fourth-order valence-corrected chi connectivity index (χ4v) is 2.57. The Morgan fingerprint density at radius 3 is 2.74 bits per heavy atom. The number of halogens is 2. The van der Waals surface area contributed by atoms with Crippen molar-refractivity contribution < 1.29 is 4.74 Å². The highest BCUT2D eigenvalue weighted by atomic mass is 79.9. The number of aromatic nitrogens is 2. The maximum Gasteiger partial charge on any atom is 0.136 e. The second kappa shape index (κ2) is 5.96. The molecule has 2 rings (SSSR count). The number of hydrogen-bond donors (Lipinski definition) is 1. The number of ether oxygens (including phenoxy) is 1. The Hall–Kier alpha value is -1.01. The highest BCUT2D eigenvalue weighted by Gasteiger charge is 2.13. The zero-order valence-corrected chi connectivity index (χ0v) is 14.0. The molecule has 1 aromatic heterocycles. The third-order valence-corrected chi connectivity index (χ3v) is 4.69. The van der Waals surface area contributed by atoms with Crippen LogP contribution in [0.4, 0.5) is 5.69 Å². The van der Waals surface area contributed by atoms with E-state index in [4.69, 9.17) is 10.5 Å². The second-order valence-electron chi connectivity index (χ2n) is 4.11. The van der Waals surface area contributed by atoms with E-state index in [1.54, 1.807) is 0 Å². The molecule has 6 heteroatoms. The smallest absolute Gasteiger partial charge is 0.136 e. The van der Waals surface area contributed by atoms with Crippen molar-refractivity contribution in [3.05, 3.63) is 38.5 Å². The first-order chi connectivity index (χ1) is 9.04. The Labute approximate surface area is 129 Å². The van der Waals surface area contributed by atoms with Crippen LogP contribution in [0, 0.1) is 6.92 Å². The summed E-state index contributed by atoms with van der Waals surface area (Å²) in [6.07, 6.45) is 0. The van der Waals surface area contributed by atoms with Crippen LogP contribution in [-0.4, -0.2) is 9.78 Å². The minimum atomic E-state index is 0.442. The zero-order chi connectivity index (χ0) is 14.0. The highest BCUT2D eigenvalue weighted by Crippen LogP contribution is 2.31. The van der Waals surface area contributed by atoms with Crippen LogP contribution in [0.15, 0.2) is 27.1 Å². The van der Waals surface area contributed by atoms with Gasteiger partial charge in [-0.1, -0.05) is 6.07 Å². The molecule has 4 nitrogen and oxygen atoms in total. The molecule has 0 unspecified atom stereocenters. The van der Waals surface area contributed by atoms with Crippen LogP contribution in [0.3, 0.4) is 0 Å². The van der Waals surface area contributed by atoms with Crippen LogP contribution >= 0.6 is 31.9 Å². The standard InChI is InChI=1S/C13H15Br2N3O/c1-3-18-10(12(14)8(2)17-18)7-19-11-6-4-5-9(16)13(11)15/h4-6H,3,7,16H2,1-2H3. The summed E-state index contributed by atoms with van der Waals surface area (Å²) in [5, 5.41) is 4.43. The largest absolute Gasteiger partial charge is 0.486 e. The number of rotatable bonds is 4. The van der Waals surface area contributed by atoms with Crippen molar-refractivity contribution in [3.8, 4) is 5.75 Å². The van der Waals surface area contributed by atoms with Gasteiger partial charge in [0.05, 0.1) is 20.3 Å². The first-order valence-electron chi connectivity index (χ1n) is 5.93. The normalized spacial score (nSPS) is 10.7. The summed E-state index contributed by atoms with van der Waals surface area (Å²) in [5.41, 5.74) is 8.48. The van der Waals surface area contributed by atoms with Crippen LogP contribution < -0.4 is 10.5 Å². The third-order valence-electron chi connectivity index (χ3n) is 2.81. The van der Waals surface area contributed by atoms with Crippen LogP contribution in [0.1, 0.15) is 18.3 Å². The molecule has 1 aromatic carbocycles. The van der Waals surface area contributed by atoms with Crippen LogP contribution in [0.25, 0.3) is 0 Å². The van der Waals surface area contributed by atoms with Crippen molar-refractivity contribution in [2.24, 2.45) is 0 Å². The van der Waals surface area contributed by atoms with E-state index in [0.29, 0.717) is 12.3 Å². The average molecular weight is 389 g/mol. The SMILES string of the molecule is CCn1nc(C)c(Br)c1COc1cccc(N)c1Br. The first-order valence-corrected chi connectivity index (χ1v) is 7.51. The Morgan fingerprint density at radius 2 is 2.05 bits per heavy atom. The number of anilines is 1. The van der Waals surface area contributed by atoms with Crippen molar-refractivity contribution in [1.82, 2.24) is 9.78 Å². The lowest BCUT2D eigenvalue weighted by atomic mass is 10.3. The van der Waals surface area contributed by atoms with E-state index in [9.17, 15) is 0 Å². The summed E-state index contributed by atoms with van der Waals surface area (Å²) < 4.78 is 9.53. The molecule has 102 valence electrons. The van der Waals surface area contributed by atoms with E-state index in [1.807, 2.05) is 29.8 Å². The molecule has 0 radical (unpaired) electrons. The van der Waals surface area contributed by atoms with Gasteiger partial charge in [-0.25, -0.2) is 0 Å². The first kappa shape index (κ1) is 14.4. The lowest BCUT2D eigenvalue weighted by Crippen LogP contribution is -2.07. The Kier molecular flexibility index (Phi) is 4.52. The number of nitrogens with two attached hydrogens (primary N) is 1. The van der Waals surface area contributed by atoms with E-state index in [0.717, 1.165) is 32.6 Å². The van der Waals surface area contributed by atoms with Gasteiger partial charge in [0, 0.05) is 12.2 Å². The van der Waals surface area contributed by atoms with Gasteiger partial charge in [0.25, 0.3) is 0 Å². The minimum absolute atomic E-state index is 0.442. The summed E-state index contributed by atoms with van der Waals surface area (Å²) in [5.74, 6) is 0.730. The van der Waals surface area contributed by atoms with Crippen LogP contribution in [-0.2, 0) is 13.2 Å². The monoisotopic (exact) mass is 387 g/mol. The Bertz CT molecular complexity index is 596. The summed E-state index contributed by atoms with van der Waals surface area (Å²) in [7, 11) is 0. The van der Waals surface area contributed by atoms with Crippen molar-refractivity contribution in [2.75, 3.05) is 5.73 Å². The summed E-state index contributed by atoms with van der Waals surface area (Å²) >= 11 is 6.98. The lowest BCUT2D eigenvalue weighted by Gasteiger charge is -2.11. The molecule has 2 N–H and O–H groups in total. The number of benzene rings is 1. The molecule has 2 aromatic rings. The van der Waals surface area contributed by atoms with Crippen LogP contribution in [0.2, 0.25) is 0 Å². The molecule has 0 aliphatic rings. The topological polar surface area (TPSA) is 53.1 Å². The number of nitrogens with zero attached hydrogens (tertiary/aromatic N) is 2. The molecule has 0 atom stereocenters. The van der Waals surface area contributed by atoms with Gasteiger partial charge in [-0.3, -0.25) is 4.68 Å². The van der Waals surface area contributed by atoms with Gasteiger partial charge < -0.3 is 10.5 Å². The van der Waals surface area contributed by atoms with Gasteiger partial charge in [0.2, 0.25) is 0 Å². The van der Waals surface area contributed by atoms with Crippen molar-refractivity contribution in [2.45, 2.75) is 27.0 Å². The fraction of sp³-hybridized carbons (Fsp3) is 0.308. The molecule has 0 aliphatic carbocycles. The molecule has 0 fully saturated rings. The van der Waals surface area contributed by atoms with Crippen molar-refractivity contribution in [3.63, 3.8) is 0 Å². The van der Waals surface area contributed by atoms with E-state index in [2.05, 4.69) is 43.9 Å². The number of hydrogen-bond acceptors (Lipinski definition) is 3. The van der Waals surface area contributed by atoms with Gasteiger partial charge in [-0.2, -0.15) is 5.10 Å². The maximum absolute atomic E-state index is 5.83. The fourth-order valence-electron chi connectivity index (χ4n) is 1.79. The molecule has 1 heterocycles. The maximum atomic E-state index is 5.83. The van der Waals surface area contributed by atoms with Crippen molar-refractivity contribution >= 4 is 37.5 Å². The lowest BCUT2D eigenvalue weighted by molar-refractivity contribution is 0.290. The predicted octanol–water partition coefficient (Wildman–Crippen LogP) is 3.90. The third kappa shape index (κ3) is 2.95. The Morgan fingerprint density at radius 1 is 1.32 bits per heavy atom. The number of nitrogen functional groups attached to an aromatic ring is 1. The summed E-state index contributed by atoms with van der Waals surface area (Å²) in [6.45, 7) is 5.27. The molecule has 0 saturated heterocycles. The summed E-state index contributed by atoms with van der Waals surface area (Å²) in [6, 6.07) is 5.58.